The van der Waals surface area contributed by atoms with Crippen LogP contribution in [-0.2, 0) is 9.84 Å². The Hall–Kier alpha value is -1.24. The Kier molecular flexibility index (Phi) is 3.27. The van der Waals surface area contributed by atoms with E-state index >= 15 is 0 Å². The van der Waals surface area contributed by atoms with Gasteiger partial charge < -0.3 is 4.90 Å². The summed E-state index contributed by atoms with van der Waals surface area (Å²) in [4.78, 5) is 1.08. The molecule has 1 aliphatic rings. The third kappa shape index (κ3) is 2.45. The van der Waals surface area contributed by atoms with E-state index in [4.69, 9.17) is 0 Å². The van der Waals surface area contributed by atoms with Crippen LogP contribution in [0.3, 0.4) is 0 Å². The van der Waals surface area contributed by atoms with Crippen molar-refractivity contribution in [2.24, 2.45) is 0 Å². The van der Waals surface area contributed by atoms with Gasteiger partial charge in [-0.05, 0) is 18.2 Å². The highest BCUT2D eigenvalue weighted by atomic mass is 32.2. The molecule has 1 aromatic carbocycles. The highest BCUT2D eigenvalue weighted by Gasteiger charge is 2.34. The Morgan fingerprint density at radius 1 is 1.22 bits per heavy atom. The molecule has 0 aromatic heterocycles. The van der Waals surface area contributed by atoms with Crippen molar-refractivity contribution in [1.82, 2.24) is 0 Å². The SMILES string of the molecule is CS(=O)(=O)c1ccc(N2C[C@@H](F)[C@@H](F)C2)c(F)c1. The molecule has 1 aromatic rings. The van der Waals surface area contributed by atoms with E-state index in [1.54, 1.807) is 0 Å². The van der Waals surface area contributed by atoms with Crippen molar-refractivity contribution in [1.29, 1.82) is 0 Å². The maximum Gasteiger partial charge on any atom is 0.175 e. The molecule has 0 amide bonds. The van der Waals surface area contributed by atoms with Gasteiger partial charge >= 0.3 is 0 Å². The summed E-state index contributed by atoms with van der Waals surface area (Å²) in [6.07, 6.45) is -2.31. The Morgan fingerprint density at radius 3 is 2.22 bits per heavy atom. The quantitative estimate of drug-likeness (QED) is 0.827. The summed E-state index contributed by atoms with van der Waals surface area (Å²) in [5, 5.41) is 0. The van der Waals surface area contributed by atoms with Crippen LogP contribution in [-0.4, -0.2) is 40.1 Å². The lowest BCUT2D eigenvalue weighted by molar-refractivity contribution is 0.217. The molecule has 18 heavy (non-hydrogen) atoms. The van der Waals surface area contributed by atoms with Gasteiger partial charge in [-0.1, -0.05) is 0 Å². The molecule has 1 saturated heterocycles. The topological polar surface area (TPSA) is 37.4 Å². The van der Waals surface area contributed by atoms with Gasteiger partial charge in [0.1, 0.15) is 5.82 Å². The second-order valence-corrected chi connectivity index (χ2v) is 6.34. The number of alkyl halides is 2. The van der Waals surface area contributed by atoms with Gasteiger partial charge in [-0.2, -0.15) is 0 Å². The van der Waals surface area contributed by atoms with Crippen LogP contribution in [0.2, 0.25) is 0 Å². The molecule has 1 fully saturated rings. The Labute approximate surface area is 103 Å². The standard InChI is InChI=1S/C11H12F3NO2S/c1-18(16,17)7-2-3-11(8(12)4-7)15-5-9(13)10(14)6-15/h2-4,9-10H,5-6H2,1H3/t9-,10+. The zero-order valence-electron chi connectivity index (χ0n) is 9.61. The van der Waals surface area contributed by atoms with Crippen LogP contribution >= 0.6 is 0 Å². The van der Waals surface area contributed by atoms with E-state index in [2.05, 4.69) is 0 Å². The number of hydrogen-bond donors (Lipinski definition) is 0. The molecule has 0 bridgehead atoms. The molecule has 0 spiro atoms. The first-order chi connectivity index (χ1) is 8.29. The van der Waals surface area contributed by atoms with Crippen LogP contribution in [0.4, 0.5) is 18.9 Å². The molecule has 100 valence electrons. The molecule has 0 saturated carbocycles. The second-order valence-electron chi connectivity index (χ2n) is 4.32. The van der Waals surface area contributed by atoms with Crippen LogP contribution in [0, 0.1) is 5.82 Å². The van der Waals surface area contributed by atoms with Crippen LogP contribution in [0.5, 0.6) is 0 Å². The minimum atomic E-state index is -3.49. The van der Waals surface area contributed by atoms with Crippen molar-refractivity contribution in [3.05, 3.63) is 24.0 Å². The van der Waals surface area contributed by atoms with Crippen molar-refractivity contribution in [2.45, 2.75) is 17.2 Å². The first kappa shape index (κ1) is 13.2. The van der Waals surface area contributed by atoms with E-state index in [0.717, 1.165) is 12.3 Å². The molecular formula is C11H12F3NO2S. The van der Waals surface area contributed by atoms with Gasteiger partial charge in [0, 0.05) is 6.26 Å². The number of anilines is 1. The molecule has 1 heterocycles. The van der Waals surface area contributed by atoms with Crippen LogP contribution < -0.4 is 4.90 Å². The number of rotatable bonds is 2. The number of sulfone groups is 1. The smallest absolute Gasteiger partial charge is 0.175 e. The summed E-state index contributed by atoms with van der Waals surface area (Å²) in [6, 6.07) is 3.33. The van der Waals surface area contributed by atoms with E-state index in [9.17, 15) is 21.6 Å². The van der Waals surface area contributed by atoms with E-state index in [-0.39, 0.29) is 23.7 Å². The lowest BCUT2D eigenvalue weighted by atomic mass is 10.3. The van der Waals surface area contributed by atoms with Gasteiger partial charge in [-0.15, -0.1) is 0 Å². The predicted molar refractivity (Wildman–Crippen MR) is 61.5 cm³/mol. The maximum absolute atomic E-state index is 13.7. The summed E-state index contributed by atoms with van der Waals surface area (Å²) >= 11 is 0. The second kappa shape index (κ2) is 4.46. The first-order valence-electron chi connectivity index (χ1n) is 5.32. The van der Waals surface area contributed by atoms with Crippen molar-refractivity contribution in [3.63, 3.8) is 0 Å². The number of benzene rings is 1. The molecule has 0 unspecified atom stereocenters. The fourth-order valence-electron chi connectivity index (χ4n) is 1.90. The lowest BCUT2D eigenvalue weighted by Gasteiger charge is -2.18. The minimum Gasteiger partial charge on any atom is -0.363 e. The molecule has 7 heteroatoms. The van der Waals surface area contributed by atoms with Gasteiger partial charge in [0.05, 0.1) is 23.7 Å². The number of hydrogen-bond acceptors (Lipinski definition) is 3. The normalized spacial score (nSPS) is 24.6. The first-order valence-corrected chi connectivity index (χ1v) is 7.21. The van der Waals surface area contributed by atoms with Crippen molar-refractivity contribution >= 4 is 15.5 Å². The van der Waals surface area contributed by atoms with E-state index < -0.39 is 28.0 Å². The third-order valence-corrected chi connectivity index (χ3v) is 3.98. The fraction of sp³-hybridized carbons (Fsp3) is 0.455. The van der Waals surface area contributed by atoms with Crippen molar-refractivity contribution < 1.29 is 21.6 Å². The Balaban J connectivity index is 2.32. The zero-order valence-corrected chi connectivity index (χ0v) is 10.4. The van der Waals surface area contributed by atoms with Gasteiger partial charge in [-0.25, -0.2) is 21.6 Å². The van der Waals surface area contributed by atoms with Crippen LogP contribution in [0.1, 0.15) is 0 Å². The van der Waals surface area contributed by atoms with Gasteiger partial charge in [0.15, 0.2) is 22.2 Å². The Morgan fingerprint density at radius 2 is 1.78 bits per heavy atom. The number of nitrogens with zero attached hydrogens (tertiary/aromatic N) is 1. The summed E-state index contributed by atoms with van der Waals surface area (Å²) in [7, 11) is -3.49. The Bertz CT molecular complexity index is 551. The number of halogens is 3. The molecule has 2 atom stereocenters. The van der Waals surface area contributed by atoms with E-state index in [1.165, 1.54) is 17.0 Å². The van der Waals surface area contributed by atoms with E-state index in [1.807, 2.05) is 0 Å². The molecule has 0 radical (unpaired) electrons. The highest BCUT2D eigenvalue weighted by Crippen LogP contribution is 2.28. The van der Waals surface area contributed by atoms with E-state index in [0.29, 0.717) is 0 Å². The van der Waals surface area contributed by atoms with Crippen LogP contribution in [0.15, 0.2) is 23.1 Å². The molecule has 3 nitrogen and oxygen atoms in total. The average molecular weight is 279 g/mol. The van der Waals surface area contributed by atoms with Gasteiger partial charge in [0.25, 0.3) is 0 Å². The molecule has 0 N–H and O–H groups in total. The minimum absolute atomic E-state index is 0.0187. The van der Waals surface area contributed by atoms with Crippen LogP contribution in [0.25, 0.3) is 0 Å². The average Bonchev–Trinajstić information content (AvgIpc) is 2.57. The third-order valence-electron chi connectivity index (χ3n) is 2.87. The molecule has 0 aliphatic carbocycles. The predicted octanol–water partition coefficient (Wildman–Crippen LogP) is 1.73. The summed E-state index contributed by atoms with van der Waals surface area (Å²) in [6.45, 7) is -0.452. The zero-order chi connectivity index (χ0) is 13.5. The summed E-state index contributed by atoms with van der Waals surface area (Å²) in [5.74, 6) is -0.792. The summed E-state index contributed by atoms with van der Waals surface area (Å²) < 4.78 is 62.2. The maximum atomic E-state index is 13.7. The monoisotopic (exact) mass is 279 g/mol. The largest absolute Gasteiger partial charge is 0.363 e. The molecule has 1 aliphatic heterocycles. The van der Waals surface area contributed by atoms with Gasteiger partial charge in [0.2, 0.25) is 0 Å². The molecular weight excluding hydrogens is 267 g/mol. The van der Waals surface area contributed by atoms with Crippen molar-refractivity contribution in [2.75, 3.05) is 24.2 Å². The van der Waals surface area contributed by atoms with Gasteiger partial charge in [-0.3, -0.25) is 0 Å². The molecule has 2 rings (SSSR count). The van der Waals surface area contributed by atoms with Crippen molar-refractivity contribution in [3.8, 4) is 0 Å². The fourth-order valence-corrected chi connectivity index (χ4v) is 2.53. The highest BCUT2D eigenvalue weighted by molar-refractivity contribution is 7.90. The lowest BCUT2D eigenvalue weighted by Crippen LogP contribution is -2.21. The summed E-state index contributed by atoms with van der Waals surface area (Å²) in [5.41, 5.74) is 0.0187.